The Balaban J connectivity index is 1.55. The van der Waals surface area contributed by atoms with E-state index in [2.05, 4.69) is 4.74 Å². The van der Waals surface area contributed by atoms with E-state index in [0.29, 0.717) is 10.6 Å². The van der Waals surface area contributed by atoms with Gasteiger partial charge in [0.2, 0.25) is 0 Å². The lowest BCUT2D eigenvalue weighted by molar-refractivity contribution is -0.274. The van der Waals surface area contributed by atoms with Gasteiger partial charge in [-0.3, -0.25) is 9.59 Å². The molecule has 0 atom stereocenters. The van der Waals surface area contributed by atoms with Gasteiger partial charge in [-0.1, -0.05) is 29.3 Å². The van der Waals surface area contributed by atoms with Crippen molar-refractivity contribution in [3.05, 3.63) is 65.2 Å². The number of hydrogen-bond donors (Lipinski definition) is 0. The number of halogens is 3. The van der Waals surface area contributed by atoms with Gasteiger partial charge >= 0.3 is 12.3 Å². The largest absolute Gasteiger partial charge is 0.573 e. The summed E-state index contributed by atoms with van der Waals surface area (Å²) in [4.78, 5) is 41.0. The van der Waals surface area contributed by atoms with Crippen molar-refractivity contribution in [3.63, 3.8) is 0 Å². The first kappa shape index (κ1) is 18.4. The molecular formula is C18H12F3NO5. The zero-order valence-corrected chi connectivity index (χ0v) is 13.7. The molecule has 0 radical (unpaired) electrons. The summed E-state index contributed by atoms with van der Waals surface area (Å²) in [7, 11) is 0. The van der Waals surface area contributed by atoms with Gasteiger partial charge in [0.1, 0.15) is 5.75 Å². The minimum Gasteiger partial charge on any atom is -0.406 e. The number of hydrogen-bond acceptors (Lipinski definition) is 5. The van der Waals surface area contributed by atoms with Crippen LogP contribution in [0.5, 0.6) is 5.75 Å². The van der Waals surface area contributed by atoms with Crippen molar-refractivity contribution in [1.29, 1.82) is 0 Å². The third-order valence-electron chi connectivity index (χ3n) is 3.72. The molecule has 6 nitrogen and oxygen atoms in total. The van der Waals surface area contributed by atoms with Gasteiger partial charge in [0, 0.05) is 0 Å². The Hall–Kier alpha value is -3.36. The van der Waals surface area contributed by atoms with Crippen molar-refractivity contribution in [2.24, 2.45) is 0 Å². The smallest absolute Gasteiger partial charge is 0.406 e. The topological polar surface area (TPSA) is 72.9 Å². The minimum atomic E-state index is -4.78. The van der Waals surface area contributed by atoms with E-state index < -0.39 is 24.1 Å². The Labute approximate surface area is 151 Å². The summed E-state index contributed by atoms with van der Waals surface area (Å²) in [5.74, 6) is -2.64. The Morgan fingerprint density at radius 2 is 1.48 bits per heavy atom. The third-order valence-corrected chi connectivity index (χ3v) is 3.72. The van der Waals surface area contributed by atoms with E-state index in [1.54, 1.807) is 12.1 Å². The standard InChI is InChI=1S/C18H12F3NO5/c19-18(20,21)26-12-8-5-11(6-9-12)7-10-15(23)27-22-16(24)13-3-1-2-4-14(13)17(22)25/h1-6,8-9H,7,10H2. The number of nitrogens with zero attached hydrogens (tertiary/aromatic N) is 1. The highest BCUT2D eigenvalue weighted by Gasteiger charge is 2.38. The molecule has 0 unspecified atom stereocenters. The zero-order valence-electron chi connectivity index (χ0n) is 13.7. The minimum absolute atomic E-state index is 0.147. The van der Waals surface area contributed by atoms with E-state index in [-0.39, 0.29) is 29.7 Å². The van der Waals surface area contributed by atoms with Crippen LogP contribution in [0.1, 0.15) is 32.7 Å². The maximum Gasteiger partial charge on any atom is 0.573 e. The molecule has 27 heavy (non-hydrogen) atoms. The van der Waals surface area contributed by atoms with Gasteiger partial charge in [-0.25, -0.2) is 4.79 Å². The second-order valence-electron chi connectivity index (χ2n) is 5.61. The number of carbonyl (C=O) groups excluding carboxylic acids is 3. The molecule has 0 aliphatic carbocycles. The first-order valence-corrected chi connectivity index (χ1v) is 7.78. The number of imide groups is 1. The number of carbonyl (C=O) groups is 3. The van der Waals surface area contributed by atoms with Crippen molar-refractivity contribution in [2.75, 3.05) is 0 Å². The summed E-state index contributed by atoms with van der Waals surface area (Å²) in [6, 6.07) is 11.1. The summed E-state index contributed by atoms with van der Waals surface area (Å²) in [5, 5.41) is 0.410. The highest BCUT2D eigenvalue weighted by molar-refractivity contribution is 6.20. The van der Waals surface area contributed by atoms with E-state index in [1.165, 1.54) is 24.3 Å². The molecule has 2 amide bonds. The molecule has 1 aliphatic heterocycles. The van der Waals surface area contributed by atoms with Gasteiger partial charge in [0.25, 0.3) is 11.8 Å². The number of alkyl halides is 3. The fourth-order valence-electron chi connectivity index (χ4n) is 2.50. The molecule has 0 aromatic heterocycles. The van der Waals surface area contributed by atoms with Gasteiger partial charge < -0.3 is 9.57 Å². The van der Waals surface area contributed by atoms with Crippen molar-refractivity contribution in [1.82, 2.24) is 5.06 Å². The van der Waals surface area contributed by atoms with E-state index in [4.69, 9.17) is 4.84 Å². The Morgan fingerprint density at radius 3 is 2.00 bits per heavy atom. The predicted octanol–water partition coefficient (Wildman–Crippen LogP) is 3.27. The summed E-state index contributed by atoms with van der Waals surface area (Å²) in [6.07, 6.45) is -4.81. The molecule has 1 aliphatic rings. The molecule has 2 aromatic carbocycles. The zero-order chi connectivity index (χ0) is 19.6. The van der Waals surface area contributed by atoms with Gasteiger partial charge in [-0.2, -0.15) is 0 Å². The maximum atomic E-state index is 12.1. The highest BCUT2D eigenvalue weighted by Crippen LogP contribution is 2.24. The monoisotopic (exact) mass is 379 g/mol. The fourth-order valence-corrected chi connectivity index (χ4v) is 2.50. The molecule has 0 N–H and O–H groups in total. The number of ether oxygens (including phenoxy) is 1. The van der Waals surface area contributed by atoms with Crippen LogP contribution in [0.4, 0.5) is 13.2 Å². The molecule has 0 spiro atoms. The molecule has 0 bridgehead atoms. The average Bonchev–Trinajstić information content (AvgIpc) is 2.85. The molecule has 140 valence electrons. The average molecular weight is 379 g/mol. The van der Waals surface area contributed by atoms with Crippen molar-refractivity contribution in [2.45, 2.75) is 19.2 Å². The predicted molar refractivity (Wildman–Crippen MR) is 84.5 cm³/mol. The first-order chi connectivity index (χ1) is 12.7. The third kappa shape index (κ3) is 4.25. The molecule has 0 fully saturated rings. The van der Waals surface area contributed by atoms with Gasteiger partial charge in [0.05, 0.1) is 17.5 Å². The quantitative estimate of drug-likeness (QED) is 0.746. The van der Waals surface area contributed by atoms with Crippen LogP contribution >= 0.6 is 0 Å². The van der Waals surface area contributed by atoms with Crippen LogP contribution in [0.25, 0.3) is 0 Å². The van der Waals surface area contributed by atoms with Crippen LogP contribution in [0, 0.1) is 0 Å². The normalized spacial score (nSPS) is 13.5. The first-order valence-electron chi connectivity index (χ1n) is 7.78. The van der Waals surface area contributed by atoms with Crippen LogP contribution in [0.3, 0.4) is 0 Å². The van der Waals surface area contributed by atoms with Gasteiger partial charge in [0.15, 0.2) is 0 Å². The Bertz CT molecular complexity index is 858. The molecule has 3 rings (SSSR count). The lowest BCUT2D eigenvalue weighted by Gasteiger charge is -2.13. The van der Waals surface area contributed by atoms with Crippen molar-refractivity contribution in [3.8, 4) is 5.75 Å². The summed E-state index contributed by atoms with van der Waals surface area (Å²) in [6.45, 7) is 0. The number of hydroxylamine groups is 2. The molecule has 0 saturated heterocycles. The second kappa shape index (κ2) is 7.10. The Morgan fingerprint density at radius 1 is 0.926 bits per heavy atom. The van der Waals surface area contributed by atoms with E-state index in [0.717, 1.165) is 12.1 Å². The van der Waals surface area contributed by atoms with Crippen LogP contribution in [-0.4, -0.2) is 29.2 Å². The van der Waals surface area contributed by atoms with Gasteiger partial charge in [-0.15, -0.1) is 13.2 Å². The lowest BCUT2D eigenvalue weighted by atomic mass is 10.1. The number of rotatable bonds is 5. The molecular weight excluding hydrogens is 367 g/mol. The molecule has 1 heterocycles. The van der Waals surface area contributed by atoms with E-state index in [9.17, 15) is 27.6 Å². The molecule has 2 aromatic rings. The van der Waals surface area contributed by atoms with E-state index in [1.807, 2.05) is 0 Å². The molecule has 0 saturated carbocycles. The number of fused-ring (bicyclic) bond motifs is 1. The van der Waals surface area contributed by atoms with E-state index >= 15 is 0 Å². The number of aryl methyl sites for hydroxylation is 1. The van der Waals surface area contributed by atoms with Crippen LogP contribution in [0.2, 0.25) is 0 Å². The Kier molecular flexibility index (Phi) is 4.85. The van der Waals surface area contributed by atoms with Crippen molar-refractivity contribution < 1.29 is 37.1 Å². The maximum absolute atomic E-state index is 12.1. The van der Waals surface area contributed by atoms with Crippen LogP contribution in [-0.2, 0) is 16.1 Å². The van der Waals surface area contributed by atoms with Crippen LogP contribution < -0.4 is 4.74 Å². The second-order valence-corrected chi connectivity index (χ2v) is 5.61. The number of benzene rings is 2. The summed E-state index contributed by atoms with van der Waals surface area (Å²) >= 11 is 0. The van der Waals surface area contributed by atoms with Crippen LogP contribution in [0.15, 0.2) is 48.5 Å². The summed E-state index contributed by atoms with van der Waals surface area (Å²) in [5.41, 5.74) is 0.856. The van der Waals surface area contributed by atoms with Gasteiger partial charge in [-0.05, 0) is 36.2 Å². The highest BCUT2D eigenvalue weighted by atomic mass is 19.4. The summed E-state index contributed by atoms with van der Waals surface area (Å²) < 4.78 is 40.1. The van der Waals surface area contributed by atoms with Crippen molar-refractivity contribution >= 4 is 17.8 Å². The SMILES string of the molecule is O=C(CCc1ccc(OC(F)(F)F)cc1)ON1C(=O)c2ccccc2C1=O. The molecule has 9 heteroatoms. The lowest BCUT2D eigenvalue weighted by Crippen LogP contribution is -2.32. The number of amides is 2. The fraction of sp³-hybridized carbons (Fsp3) is 0.167.